The van der Waals surface area contributed by atoms with Crippen LogP contribution in [0.2, 0.25) is 0 Å². The number of aromatic nitrogens is 3. The molecule has 2 aromatic rings. The van der Waals surface area contributed by atoms with Crippen LogP contribution in [0.5, 0.6) is 0 Å². The summed E-state index contributed by atoms with van der Waals surface area (Å²) in [6.07, 6.45) is 6.18. The van der Waals surface area contributed by atoms with Gasteiger partial charge in [-0.2, -0.15) is 0 Å². The smallest absolute Gasteiger partial charge is 0.193 e. The lowest BCUT2D eigenvalue weighted by atomic mass is 10.2. The van der Waals surface area contributed by atoms with Gasteiger partial charge in [-0.3, -0.25) is 0 Å². The summed E-state index contributed by atoms with van der Waals surface area (Å²) in [6, 6.07) is 3.87. The first-order chi connectivity index (χ1) is 8.28. The van der Waals surface area contributed by atoms with Crippen LogP contribution in [0.1, 0.15) is 5.56 Å². The lowest BCUT2D eigenvalue weighted by Gasteiger charge is -2.01. The van der Waals surface area contributed by atoms with E-state index in [9.17, 15) is 0 Å². The molecule has 6 heteroatoms. The molecule has 2 rings (SSSR count). The Labute approximate surface area is 112 Å². The van der Waals surface area contributed by atoms with E-state index in [1.54, 1.807) is 18.6 Å². The fourth-order valence-electron chi connectivity index (χ4n) is 1.21. The zero-order valence-corrected chi connectivity index (χ0v) is 11.4. The summed E-state index contributed by atoms with van der Waals surface area (Å²) >= 11 is 4.78. The van der Waals surface area contributed by atoms with Crippen molar-refractivity contribution in [1.82, 2.24) is 15.0 Å². The van der Waals surface area contributed by atoms with E-state index in [1.807, 2.05) is 12.1 Å². The van der Waals surface area contributed by atoms with Crippen molar-refractivity contribution < 1.29 is 0 Å². The summed E-state index contributed by atoms with van der Waals surface area (Å²) in [5.74, 6) is 0. The van der Waals surface area contributed by atoms with Crippen molar-refractivity contribution in [2.24, 2.45) is 5.73 Å². The quantitative estimate of drug-likeness (QED) is 0.878. The van der Waals surface area contributed by atoms with E-state index in [4.69, 9.17) is 5.73 Å². The van der Waals surface area contributed by atoms with Crippen molar-refractivity contribution in [2.45, 2.75) is 16.6 Å². The van der Waals surface area contributed by atoms with Crippen LogP contribution in [0.3, 0.4) is 0 Å². The second-order valence-electron chi connectivity index (χ2n) is 3.33. The van der Waals surface area contributed by atoms with E-state index in [0.717, 1.165) is 21.5 Å². The summed E-state index contributed by atoms with van der Waals surface area (Å²) < 4.78 is 0.959. The molecule has 0 saturated heterocycles. The van der Waals surface area contributed by atoms with Gasteiger partial charge in [0.15, 0.2) is 5.16 Å². The Morgan fingerprint density at radius 2 is 1.88 bits per heavy atom. The van der Waals surface area contributed by atoms with Crippen LogP contribution in [0.25, 0.3) is 0 Å². The van der Waals surface area contributed by atoms with Crippen molar-refractivity contribution in [1.29, 1.82) is 0 Å². The number of hydrogen-bond acceptors (Lipinski definition) is 5. The number of nitrogens with zero attached hydrogens (tertiary/aromatic N) is 3. The Balaban J connectivity index is 2.05. The zero-order chi connectivity index (χ0) is 12.1. The number of halogens is 1. The third-order valence-corrected chi connectivity index (χ3v) is 3.32. The molecule has 4 nitrogen and oxygen atoms in total. The SMILES string of the molecule is NCCc1cnc(Sc2ccc(Br)cn2)nc1. The molecule has 2 aromatic heterocycles. The first-order valence-electron chi connectivity index (χ1n) is 5.08. The molecule has 0 saturated carbocycles. The van der Waals surface area contributed by atoms with Crippen LogP contribution in [-0.2, 0) is 6.42 Å². The van der Waals surface area contributed by atoms with Crippen LogP contribution in [-0.4, -0.2) is 21.5 Å². The number of pyridine rings is 1. The van der Waals surface area contributed by atoms with Gasteiger partial charge in [-0.15, -0.1) is 0 Å². The maximum absolute atomic E-state index is 5.46. The minimum absolute atomic E-state index is 0.615. The average molecular weight is 311 g/mol. The minimum Gasteiger partial charge on any atom is -0.330 e. The van der Waals surface area contributed by atoms with Crippen LogP contribution in [0.15, 0.2) is 45.4 Å². The van der Waals surface area contributed by atoms with Gasteiger partial charge in [0, 0.05) is 23.1 Å². The van der Waals surface area contributed by atoms with Gasteiger partial charge in [-0.1, -0.05) is 0 Å². The van der Waals surface area contributed by atoms with E-state index in [1.165, 1.54) is 11.8 Å². The van der Waals surface area contributed by atoms with Gasteiger partial charge in [0.2, 0.25) is 0 Å². The molecule has 0 aliphatic heterocycles. The Morgan fingerprint density at radius 3 is 2.47 bits per heavy atom. The number of nitrogens with two attached hydrogens (primary N) is 1. The molecule has 0 amide bonds. The van der Waals surface area contributed by atoms with Gasteiger partial charge in [-0.05, 0) is 58.4 Å². The lowest BCUT2D eigenvalue weighted by molar-refractivity contribution is 0.888. The van der Waals surface area contributed by atoms with Crippen LogP contribution in [0, 0.1) is 0 Å². The monoisotopic (exact) mass is 310 g/mol. The largest absolute Gasteiger partial charge is 0.330 e. The van der Waals surface area contributed by atoms with E-state index < -0.39 is 0 Å². The molecule has 0 atom stereocenters. The van der Waals surface area contributed by atoms with E-state index in [2.05, 4.69) is 30.9 Å². The van der Waals surface area contributed by atoms with Gasteiger partial charge < -0.3 is 5.73 Å². The molecule has 0 aliphatic carbocycles. The van der Waals surface area contributed by atoms with Gasteiger partial charge in [0.05, 0.1) is 0 Å². The third-order valence-electron chi connectivity index (χ3n) is 2.01. The van der Waals surface area contributed by atoms with Gasteiger partial charge in [0.1, 0.15) is 5.03 Å². The molecule has 0 unspecified atom stereocenters. The summed E-state index contributed by atoms with van der Waals surface area (Å²) in [5.41, 5.74) is 6.52. The predicted molar refractivity (Wildman–Crippen MR) is 70.9 cm³/mol. The lowest BCUT2D eigenvalue weighted by Crippen LogP contribution is -2.03. The van der Waals surface area contributed by atoms with Crippen molar-refractivity contribution in [3.05, 3.63) is 40.8 Å². The standard InChI is InChI=1S/C11H11BrN4S/c12-9-1-2-10(14-7-9)17-11-15-5-8(3-4-13)6-16-11/h1-2,5-7H,3-4,13H2. The summed E-state index contributed by atoms with van der Waals surface area (Å²) in [5, 5.41) is 1.57. The zero-order valence-electron chi connectivity index (χ0n) is 9.01. The van der Waals surface area contributed by atoms with Gasteiger partial charge >= 0.3 is 0 Å². The molecule has 17 heavy (non-hydrogen) atoms. The van der Waals surface area contributed by atoms with Crippen molar-refractivity contribution in [3.8, 4) is 0 Å². The van der Waals surface area contributed by atoms with Crippen molar-refractivity contribution in [3.63, 3.8) is 0 Å². The molecular formula is C11H11BrN4S. The maximum Gasteiger partial charge on any atom is 0.193 e. The molecule has 88 valence electrons. The normalized spacial score (nSPS) is 10.5. The molecular weight excluding hydrogens is 300 g/mol. The number of rotatable bonds is 4. The maximum atomic E-state index is 5.46. The summed E-state index contributed by atoms with van der Waals surface area (Å²) in [4.78, 5) is 12.8. The Morgan fingerprint density at radius 1 is 1.12 bits per heavy atom. The molecule has 2 N–H and O–H groups in total. The van der Waals surface area contributed by atoms with Crippen LogP contribution in [0.4, 0.5) is 0 Å². The Kier molecular flexibility index (Phi) is 4.47. The minimum atomic E-state index is 0.615. The highest BCUT2D eigenvalue weighted by molar-refractivity contribution is 9.10. The fourth-order valence-corrected chi connectivity index (χ4v) is 2.08. The van der Waals surface area contributed by atoms with E-state index in [-0.39, 0.29) is 0 Å². The number of hydrogen-bond donors (Lipinski definition) is 1. The Hall–Kier alpha value is -0.980. The van der Waals surface area contributed by atoms with Crippen LogP contribution >= 0.6 is 27.7 Å². The van der Waals surface area contributed by atoms with E-state index in [0.29, 0.717) is 11.7 Å². The second kappa shape index (κ2) is 6.09. The highest BCUT2D eigenvalue weighted by Gasteiger charge is 2.02. The molecule has 0 fully saturated rings. The van der Waals surface area contributed by atoms with Crippen LogP contribution < -0.4 is 5.73 Å². The van der Waals surface area contributed by atoms with Gasteiger partial charge in [-0.25, -0.2) is 15.0 Å². The molecule has 0 spiro atoms. The highest BCUT2D eigenvalue weighted by atomic mass is 79.9. The average Bonchev–Trinajstić information content (AvgIpc) is 2.35. The van der Waals surface area contributed by atoms with Crippen molar-refractivity contribution >= 4 is 27.7 Å². The Bertz CT molecular complexity index is 472. The molecule has 0 aromatic carbocycles. The predicted octanol–water partition coefficient (Wildman–Crippen LogP) is 2.29. The molecule has 0 aliphatic rings. The molecule has 2 heterocycles. The summed E-state index contributed by atoms with van der Waals surface area (Å²) in [7, 11) is 0. The fraction of sp³-hybridized carbons (Fsp3) is 0.182. The molecule has 0 radical (unpaired) electrons. The van der Waals surface area contributed by atoms with Crippen molar-refractivity contribution in [2.75, 3.05) is 6.54 Å². The molecule has 0 bridgehead atoms. The summed E-state index contributed by atoms with van der Waals surface area (Å²) in [6.45, 7) is 0.615. The second-order valence-corrected chi connectivity index (χ2v) is 5.23. The van der Waals surface area contributed by atoms with Gasteiger partial charge in [0.25, 0.3) is 0 Å². The third kappa shape index (κ3) is 3.76. The first kappa shape index (κ1) is 12.5. The highest BCUT2D eigenvalue weighted by Crippen LogP contribution is 2.23. The van der Waals surface area contributed by atoms with E-state index >= 15 is 0 Å². The first-order valence-corrected chi connectivity index (χ1v) is 6.69. The topological polar surface area (TPSA) is 64.7 Å².